The fraction of sp³-hybridized carbons (Fsp3) is 0.440. The molecule has 1 amide bonds. The number of rotatable bonds is 6. The summed E-state index contributed by atoms with van der Waals surface area (Å²) in [6.07, 6.45) is 7.04. The second kappa shape index (κ2) is 10.8. The largest absolute Gasteiger partial charge is 0.495 e. The minimum absolute atomic E-state index is 0.0156. The van der Waals surface area contributed by atoms with Crippen molar-refractivity contribution in [3.05, 3.63) is 47.4 Å². The van der Waals surface area contributed by atoms with Gasteiger partial charge in [-0.2, -0.15) is 5.10 Å². The van der Waals surface area contributed by atoms with E-state index in [1.807, 2.05) is 24.2 Å². The number of methoxy groups -OCH3 is 1. The van der Waals surface area contributed by atoms with E-state index >= 15 is 0 Å². The molecule has 2 aliphatic heterocycles. The topological polar surface area (TPSA) is 97.6 Å². The highest BCUT2D eigenvalue weighted by atomic mass is 35.5. The molecule has 190 valence electrons. The summed E-state index contributed by atoms with van der Waals surface area (Å²) in [7, 11) is 3.41. The number of carbonyl (C=O) groups excluding carboxylic acids is 1. The number of nitrogens with one attached hydrogen (secondary N) is 1. The number of benzene rings is 1. The van der Waals surface area contributed by atoms with Gasteiger partial charge in [-0.15, -0.1) is 0 Å². The molecular weight excluding hydrogens is 482 g/mol. The molecule has 5 rings (SSSR count). The van der Waals surface area contributed by atoms with E-state index < -0.39 is 0 Å². The van der Waals surface area contributed by atoms with Crippen LogP contribution in [0.1, 0.15) is 23.2 Å². The quantitative estimate of drug-likeness (QED) is 0.538. The molecule has 4 heterocycles. The second-order valence-electron chi connectivity index (χ2n) is 9.00. The van der Waals surface area contributed by atoms with Gasteiger partial charge in [0.2, 0.25) is 5.95 Å². The Morgan fingerprint density at radius 3 is 2.64 bits per heavy atom. The molecule has 2 aromatic heterocycles. The van der Waals surface area contributed by atoms with Gasteiger partial charge in [-0.25, -0.2) is 9.97 Å². The van der Waals surface area contributed by atoms with Crippen molar-refractivity contribution in [1.29, 1.82) is 0 Å². The van der Waals surface area contributed by atoms with Crippen LogP contribution >= 0.6 is 11.6 Å². The first-order valence-electron chi connectivity index (χ1n) is 12.1. The predicted octanol–water partition coefficient (Wildman–Crippen LogP) is 3.22. The van der Waals surface area contributed by atoms with E-state index in [0.717, 1.165) is 57.8 Å². The minimum Gasteiger partial charge on any atom is -0.495 e. The van der Waals surface area contributed by atoms with E-state index in [-0.39, 0.29) is 5.91 Å². The van der Waals surface area contributed by atoms with Gasteiger partial charge in [-0.3, -0.25) is 14.4 Å². The number of anilines is 2. The highest BCUT2D eigenvalue weighted by molar-refractivity contribution is 6.32. The van der Waals surface area contributed by atoms with Gasteiger partial charge in [-0.05, 0) is 31.0 Å². The van der Waals surface area contributed by atoms with Crippen LogP contribution in [0.5, 0.6) is 5.75 Å². The lowest BCUT2D eigenvalue weighted by molar-refractivity contribution is 0.00159. The van der Waals surface area contributed by atoms with Crippen molar-refractivity contribution in [3.63, 3.8) is 0 Å². The Bertz CT molecular complexity index is 1220. The summed E-state index contributed by atoms with van der Waals surface area (Å²) in [4.78, 5) is 26.5. The normalized spacial score (nSPS) is 17.2. The van der Waals surface area contributed by atoms with Gasteiger partial charge in [-0.1, -0.05) is 11.6 Å². The summed E-state index contributed by atoms with van der Waals surface area (Å²) in [6.45, 7) is 5.05. The maximum atomic E-state index is 13.2. The lowest BCUT2D eigenvalue weighted by Gasteiger charge is -2.40. The number of hydrogen-bond acceptors (Lipinski definition) is 8. The Balaban J connectivity index is 1.27. The Morgan fingerprint density at radius 2 is 1.94 bits per heavy atom. The molecule has 2 fully saturated rings. The molecule has 2 saturated heterocycles. The van der Waals surface area contributed by atoms with Crippen LogP contribution in [0.15, 0.2) is 36.8 Å². The monoisotopic (exact) mass is 511 g/mol. The van der Waals surface area contributed by atoms with Crippen LogP contribution in [0.25, 0.3) is 11.3 Å². The van der Waals surface area contributed by atoms with Gasteiger partial charge < -0.3 is 19.7 Å². The number of hydrogen-bond donors (Lipinski definition) is 1. The summed E-state index contributed by atoms with van der Waals surface area (Å²) in [5, 5.41) is 7.79. The number of amides is 1. The molecule has 11 heteroatoms. The van der Waals surface area contributed by atoms with Crippen LogP contribution in [0.2, 0.25) is 5.02 Å². The maximum absolute atomic E-state index is 13.2. The number of ether oxygens (including phenoxy) is 2. The van der Waals surface area contributed by atoms with E-state index in [1.165, 1.54) is 0 Å². The third-order valence-corrected chi connectivity index (χ3v) is 7.01. The molecule has 0 spiro atoms. The summed E-state index contributed by atoms with van der Waals surface area (Å²) in [5.41, 5.74) is 2.61. The van der Waals surface area contributed by atoms with Crippen molar-refractivity contribution < 1.29 is 14.3 Å². The highest BCUT2D eigenvalue weighted by Gasteiger charge is 2.28. The number of aromatic nitrogens is 4. The van der Waals surface area contributed by atoms with Crippen molar-refractivity contribution >= 4 is 29.1 Å². The first-order chi connectivity index (χ1) is 17.5. The number of morpholine rings is 1. The Morgan fingerprint density at radius 1 is 1.17 bits per heavy atom. The average molecular weight is 512 g/mol. The van der Waals surface area contributed by atoms with Gasteiger partial charge >= 0.3 is 0 Å². The van der Waals surface area contributed by atoms with E-state index in [0.29, 0.717) is 39.7 Å². The van der Waals surface area contributed by atoms with E-state index in [9.17, 15) is 4.79 Å². The van der Waals surface area contributed by atoms with Crippen molar-refractivity contribution in [3.8, 4) is 17.0 Å². The molecule has 0 radical (unpaired) electrons. The van der Waals surface area contributed by atoms with Crippen molar-refractivity contribution in [1.82, 2.24) is 29.5 Å². The lowest BCUT2D eigenvalue weighted by Crippen LogP contribution is -2.50. The van der Waals surface area contributed by atoms with Crippen molar-refractivity contribution in [2.24, 2.45) is 7.05 Å². The van der Waals surface area contributed by atoms with Gasteiger partial charge in [0.1, 0.15) is 5.75 Å². The van der Waals surface area contributed by atoms with Gasteiger partial charge in [0.25, 0.3) is 5.91 Å². The molecule has 10 nitrogen and oxygen atoms in total. The molecule has 2 aliphatic rings. The van der Waals surface area contributed by atoms with E-state index in [4.69, 9.17) is 21.1 Å². The van der Waals surface area contributed by atoms with Crippen LogP contribution in [-0.2, 0) is 11.8 Å². The van der Waals surface area contributed by atoms with E-state index in [2.05, 4.69) is 25.3 Å². The number of likely N-dealkylation sites (tertiary alicyclic amines) is 1. The Hall–Kier alpha value is -3.21. The number of piperidine rings is 1. The summed E-state index contributed by atoms with van der Waals surface area (Å²) in [5.74, 6) is 0.910. The standard InChI is InChI=1S/C25H30ClN7O3/c1-31-16-18(14-28-31)23-20(26)15-27-25(30-23)29-21-4-3-17(13-22(21)35-2)24(34)33-7-5-19(6-8-33)32-9-11-36-12-10-32/h3-4,13-16,19H,5-12H2,1-2H3,(H,27,29,30). The highest BCUT2D eigenvalue weighted by Crippen LogP contribution is 2.31. The predicted molar refractivity (Wildman–Crippen MR) is 137 cm³/mol. The molecule has 0 bridgehead atoms. The molecular formula is C25H30ClN7O3. The summed E-state index contributed by atoms with van der Waals surface area (Å²) >= 11 is 6.32. The number of carbonyl (C=O) groups is 1. The van der Waals surface area contributed by atoms with Gasteiger partial charge in [0, 0.05) is 56.6 Å². The summed E-state index contributed by atoms with van der Waals surface area (Å²) in [6, 6.07) is 5.90. The minimum atomic E-state index is 0.0156. The average Bonchev–Trinajstić information content (AvgIpc) is 3.36. The Labute approximate surface area is 215 Å². The van der Waals surface area contributed by atoms with Crippen molar-refractivity contribution in [2.75, 3.05) is 51.8 Å². The van der Waals surface area contributed by atoms with Gasteiger partial charge in [0.15, 0.2) is 0 Å². The zero-order valence-corrected chi connectivity index (χ0v) is 21.2. The number of nitrogens with zero attached hydrogens (tertiary/aromatic N) is 6. The molecule has 3 aromatic rings. The third kappa shape index (κ3) is 5.30. The van der Waals surface area contributed by atoms with Crippen LogP contribution in [-0.4, -0.2) is 88.0 Å². The molecule has 0 unspecified atom stereocenters. The third-order valence-electron chi connectivity index (χ3n) is 6.73. The zero-order valence-electron chi connectivity index (χ0n) is 20.5. The number of halogens is 1. The molecule has 36 heavy (non-hydrogen) atoms. The molecule has 0 aliphatic carbocycles. The fourth-order valence-corrected chi connectivity index (χ4v) is 4.98. The van der Waals surface area contributed by atoms with Gasteiger partial charge in [0.05, 0.1) is 49.1 Å². The molecule has 0 saturated carbocycles. The molecule has 0 atom stereocenters. The van der Waals surface area contributed by atoms with Crippen molar-refractivity contribution in [2.45, 2.75) is 18.9 Å². The first-order valence-corrected chi connectivity index (χ1v) is 12.5. The SMILES string of the molecule is COc1cc(C(=O)N2CCC(N3CCOCC3)CC2)ccc1Nc1ncc(Cl)c(-c2cnn(C)c2)n1. The lowest BCUT2D eigenvalue weighted by atomic mass is 10.0. The first kappa shape index (κ1) is 24.5. The van der Waals surface area contributed by atoms with Crippen LogP contribution < -0.4 is 10.1 Å². The van der Waals surface area contributed by atoms with E-state index in [1.54, 1.807) is 36.3 Å². The Kier molecular flexibility index (Phi) is 7.35. The van der Waals surface area contributed by atoms with Crippen LogP contribution in [0.3, 0.4) is 0 Å². The van der Waals surface area contributed by atoms with Crippen LogP contribution in [0, 0.1) is 0 Å². The molecule has 1 N–H and O–H groups in total. The molecule has 1 aromatic carbocycles. The fourth-order valence-electron chi connectivity index (χ4n) is 4.78. The summed E-state index contributed by atoms with van der Waals surface area (Å²) < 4.78 is 12.7. The zero-order chi connectivity index (χ0) is 25.1. The second-order valence-corrected chi connectivity index (χ2v) is 9.41. The smallest absolute Gasteiger partial charge is 0.253 e. The maximum Gasteiger partial charge on any atom is 0.253 e. The van der Waals surface area contributed by atoms with Crippen LogP contribution in [0.4, 0.5) is 11.6 Å². The number of aryl methyl sites for hydroxylation is 1.